The molecule has 0 aliphatic rings. The molecule has 1 aromatic rings. The zero-order valence-corrected chi connectivity index (χ0v) is 13.4. The summed E-state index contributed by atoms with van der Waals surface area (Å²) >= 11 is 5.94. The minimum Gasteiger partial charge on any atom is -0.495 e. The van der Waals surface area contributed by atoms with Crippen molar-refractivity contribution in [1.29, 1.82) is 0 Å². The van der Waals surface area contributed by atoms with E-state index in [4.69, 9.17) is 16.3 Å². The van der Waals surface area contributed by atoms with Crippen molar-refractivity contribution in [2.75, 3.05) is 13.7 Å². The van der Waals surface area contributed by atoms with Crippen molar-refractivity contribution >= 4 is 21.6 Å². The maximum absolute atomic E-state index is 12.4. The predicted octanol–water partition coefficient (Wildman–Crippen LogP) is 2.18. The Kier molecular flexibility index (Phi) is 5.82. The monoisotopic (exact) mass is 321 g/mol. The van der Waals surface area contributed by atoms with Crippen LogP contribution >= 0.6 is 11.6 Å². The van der Waals surface area contributed by atoms with Gasteiger partial charge in [-0.15, -0.1) is 0 Å². The molecule has 1 rings (SSSR count). The second kappa shape index (κ2) is 6.76. The number of aliphatic hydroxyl groups is 1. The van der Waals surface area contributed by atoms with Gasteiger partial charge in [-0.2, -0.15) is 0 Å². The summed E-state index contributed by atoms with van der Waals surface area (Å²) in [6.45, 7) is 3.38. The number of halogens is 1. The minimum atomic E-state index is -3.75. The van der Waals surface area contributed by atoms with Crippen LogP contribution in [0.1, 0.15) is 26.7 Å². The fraction of sp³-hybridized carbons (Fsp3) is 0.538. The van der Waals surface area contributed by atoms with Gasteiger partial charge in [-0.1, -0.05) is 25.4 Å². The average Bonchev–Trinajstić information content (AvgIpc) is 2.44. The van der Waals surface area contributed by atoms with Gasteiger partial charge in [-0.25, -0.2) is 13.1 Å². The largest absolute Gasteiger partial charge is 0.495 e. The molecule has 1 aromatic carbocycles. The molecule has 0 aromatic heterocycles. The Morgan fingerprint density at radius 2 is 1.95 bits per heavy atom. The van der Waals surface area contributed by atoms with Crippen molar-refractivity contribution in [2.24, 2.45) is 0 Å². The lowest BCUT2D eigenvalue weighted by atomic mass is 9.96. The Hall–Kier alpha value is -0.820. The molecular formula is C13H20ClNO4S. The van der Waals surface area contributed by atoms with Gasteiger partial charge in [0.25, 0.3) is 0 Å². The number of hydrogen-bond donors (Lipinski definition) is 2. The topological polar surface area (TPSA) is 75.6 Å². The van der Waals surface area contributed by atoms with E-state index in [1.54, 1.807) is 0 Å². The van der Waals surface area contributed by atoms with Crippen molar-refractivity contribution in [3.05, 3.63) is 23.2 Å². The molecule has 7 heteroatoms. The lowest BCUT2D eigenvalue weighted by Crippen LogP contribution is -2.50. The molecule has 20 heavy (non-hydrogen) atoms. The van der Waals surface area contributed by atoms with Gasteiger partial charge in [0, 0.05) is 0 Å². The summed E-state index contributed by atoms with van der Waals surface area (Å²) < 4.78 is 32.3. The summed E-state index contributed by atoms with van der Waals surface area (Å²) in [5.74, 6) is 0.407. The SMILES string of the molecule is CCC(CC)(CO)NS(=O)(=O)c1ccc(OC)c(Cl)c1. The molecule has 0 aliphatic carbocycles. The molecule has 0 aliphatic heterocycles. The van der Waals surface area contributed by atoms with E-state index in [-0.39, 0.29) is 16.5 Å². The van der Waals surface area contributed by atoms with E-state index in [1.807, 2.05) is 13.8 Å². The molecule has 0 fully saturated rings. The molecule has 2 N–H and O–H groups in total. The van der Waals surface area contributed by atoms with Gasteiger partial charge < -0.3 is 9.84 Å². The number of hydrogen-bond acceptors (Lipinski definition) is 4. The van der Waals surface area contributed by atoms with E-state index in [0.29, 0.717) is 18.6 Å². The molecule has 0 heterocycles. The second-order valence-corrected chi connectivity index (χ2v) is 6.64. The molecule has 0 saturated heterocycles. The first kappa shape index (κ1) is 17.2. The predicted molar refractivity (Wildman–Crippen MR) is 78.7 cm³/mol. The van der Waals surface area contributed by atoms with Gasteiger partial charge in [-0.05, 0) is 31.0 Å². The standard InChI is InChI=1S/C13H20ClNO4S/c1-4-13(5-2,9-16)15-20(17,18)10-6-7-12(19-3)11(14)8-10/h6-8,15-16H,4-5,9H2,1-3H3. The highest BCUT2D eigenvalue weighted by Crippen LogP contribution is 2.28. The first-order valence-electron chi connectivity index (χ1n) is 6.32. The summed E-state index contributed by atoms with van der Waals surface area (Å²) in [6, 6.07) is 4.24. The smallest absolute Gasteiger partial charge is 0.241 e. The summed E-state index contributed by atoms with van der Waals surface area (Å²) in [6.07, 6.45) is 0.978. The van der Waals surface area contributed by atoms with E-state index in [9.17, 15) is 13.5 Å². The molecule has 0 atom stereocenters. The Balaban J connectivity index is 3.14. The lowest BCUT2D eigenvalue weighted by molar-refractivity contribution is 0.172. The highest BCUT2D eigenvalue weighted by molar-refractivity contribution is 7.89. The van der Waals surface area contributed by atoms with Crippen molar-refractivity contribution in [2.45, 2.75) is 37.1 Å². The molecular weight excluding hydrogens is 302 g/mol. The third-order valence-electron chi connectivity index (χ3n) is 3.44. The lowest BCUT2D eigenvalue weighted by Gasteiger charge is -2.30. The van der Waals surface area contributed by atoms with E-state index >= 15 is 0 Å². The number of methoxy groups -OCH3 is 1. The van der Waals surface area contributed by atoms with E-state index in [2.05, 4.69) is 4.72 Å². The summed E-state index contributed by atoms with van der Waals surface area (Å²) in [5, 5.41) is 9.67. The van der Waals surface area contributed by atoms with Crippen LogP contribution in [0.15, 0.2) is 23.1 Å². The first-order chi connectivity index (χ1) is 9.34. The fourth-order valence-corrected chi connectivity index (χ4v) is 3.69. The molecule has 0 saturated carbocycles. The van der Waals surface area contributed by atoms with Crippen molar-refractivity contribution in [3.8, 4) is 5.75 Å². The molecule has 0 bridgehead atoms. The van der Waals surface area contributed by atoms with Gasteiger partial charge in [0.15, 0.2) is 0 Å². The van der Waals surface area contributed by atoms with E-state index in [0.717, 1.165) is 0 Å². The van der Waals surface area contributed by atoms with Crippen LogP contribution in [0.25, 0.3) is 0 Å². The maximum atomic E-state index is 12.4. The van der Waals surface area contributed by atoms with E-state index < -0.39 is 15.6 Å². The van der Waals surface area contributed by atoms with Crippen molar-refractivity contribution in [3.63, 3.8) is 0 Å². The molecule has 0 spiro atoms. The van der Waals surface area contributed by atoms with Crippen LogP contribution in [-0.2, 0) is 10.0 Å². The summed E-state index contributed by atoms with van der Waals surface area (Å²) in [7, 11) is -2.29. The van der Waals surface area contributed by atoms with Gasteiger partial charge in [-0.3, -0.25) is 0 Å². The number of aliphatic hydroxyl groups excluding tert-OH is 1. The highest BCUT2D eigenvalue weighted by atomic mass is 35.5. The Labute approximate surface area is 125 Å². The number of ether oxygens (including phenoxy) is 1. The number of benzene rings is 1. The van der Waals surface area contributed by atoms with Crippen LogP contribution in [0.3, 0.4) is 0 Å². The van der Waals surface area contributed by atoms with Crippen LogP contribution in [0, 0.1) is 0 Å². The second-order valence-electron chi connectivity index (χ2n) is 4.55. The van der Waals surface area contributed by atoms with Crippen LogP contribution in [-0.4, -0.2) is 32.8 Å². The quantitative estimate of drug-likeness (QED) is 0.807. The normalized spacial score (nSPS) is 12.4. The Morgan fingerprint density at radius 3 is 2.35 bits per heavy atom. The maximum Gasteiger partial charge on any atom is 0.241 e. The van der Waals surface area contributed by atoms with Gasteiger partial charge in [0.2, 0.25) is 10.0 Å². The van der Waals surface area contributed by atoms with Crippen molar-refractivity contribution < 1.29 is 18.3 Å². The van der Waals surface area contributed by atoms with Crippen LogP contribution in [0.4, 0.5) is 0 Å². The summed E-state index contributed by atoms with van der Waals surface area (Å²) in [4.78, 5) is 0.0445. The van der Waals surface area contributed by atoms with Gasteiger partial charge in [0.1, 0.15) is 5.75 Å². The van der Waals surface area contributed by atoms with E-state index in [1.165, 1.54) is 25.3 Å². The highest BCUT2D eigenvalue weighted by Gasteiger charge is 2.31. The fourth-order valence-electron chi connectivity index (χ4n) is 1.81. The van der Waals surface area contributed by atoms with Crippen LogP contribution in [0.2, 0.25) is 5.02 Å². The Morgan fingerprint density at radius 1 is 1.35 bits per heavy atom. The third-order valence-corrected chi connectivity index (χ3v) is 5.31. The first-order valence-corrected chi connectivity index (χ1v) is 8.18. The molecule has 0 amide bonds. The number of sulfonamides is 1. The number of nitrogens with one attached hydrogen (secondary N) is 1. The third kappa shape index (κ3) is 3.63. The van der Waals surface area contributed by atoms with Crippen LogP contribution < -0.4 is 9.46 Å². The molecule has 0 unspecified atom stereocenters. The van der Waals surface area contributed by atoms with Gasteiger partial charge in [0.05, 0.1) is 29.2 Å². The van der Waals surface area contributed by atoms with Crippen molar-refractivity contribution in [1.82, 2.24) is 4.72 Å². The zero-order chi connectivity index (χ0) is 15.4. The van der Waals surface area contributed by atoms with Crippen LogP contribution in [0.5, 0.6) is 5.75 Å². The molecule has 0 radical (unpaired) electrons. The molecule has 114 valence electrons. The Bertz CT molecular complexity index is 547. The molecule has 5 nitrogen and oxygen atoms in total. The number of rotatable bonds is 7. The summed E-state index contributed by atoms with van der Waals surface area (Å²) in [5.41, 5.74) is -0.856. The zero-order valence-electron chi connectivity index (χ0n) is 11.8. The van der Waals surface area contributed by atoms with Gasteiger partial charge >= 0.3 is 0 Å². The average molecular weight is 322 g/mol. The minimum absolute atomic E-state index is 0.0445.